The van der Waals surface area contributed by atoms with Crippen LogP contribution < -0.4 is 4.72 Å². The molecule has 142 valence electrons. The van der Waals surface area contributed by atoms with Gasteiger partial charge in [-0.3, -0.25) is 9.97 Å². The summed E-state index contributed by atoms with van der Waals surface area (Å²) >= 11 is 5.03. The minimum absolute atomic E-state index is 0.265. The molecule has 3 rings (SSSR count). The lowest BCUT2D eigenvalue weighted by Gasteiger charge is -2.23. The number of nitrogens with zero attached hydrogens (tertiary/aromatic N) is 2. The summed E-state index contributed by atoms with van der Waals surface area (Å²) in [6.07, 6.45) is 4.00. The van der Waals surface area contributed by atoms with E-state index in [0.29, 0.717) is 23.9 Å². The molecule has 0 aliphatic carbocycles. The largest absolute Gasteiger partial charge is 0.598 e. The molecular weight excluding hydrogens is 385 g/mol. The number of fused-ring (bicyclic) bond motifs is 1. The van der Waals surface area contributed by atoms with Crippen molar-refractivity contribution in [2.75, 3.05) is 6.54 Å². The zero-order valence-corrected chi connectivity index (χ0v) is 17.0. The van der Waals surface area contributed by atoms with Gasteiger partial charge in [-0.2, -0.15) is 0 Å². The first-order valence-electron chi connectivity index (χ1n) is 8.61. The van der Waals surface area contributed by atoms with Crippen molar-refractivity contribution in [1.29, 1.82) is 0 Å². The van der Waals surface area contributed by atoms with Gasteiger partial charge >= 0.3 is 0 Å². The van der Waals surface area contributed by atoms with E-state index in [2.05, 4.69) is 14.7 Å². The van der Waals surface area contributed by atoms with Crippen LogP contribution in [0.3, 0.4) is 0 Å². The highest BCUT2D eigenvalue weighted by molar-refractivity contribution is 7.90. The first-order chi connectivity index (χ1) is 12.8. The van der Waals surface area contributed by atoms with Crippen LogP contribution >= 0.6 is 11.6 Å². The standard InChI is InChI=1S/C20H21ClFN3OS/c1-20(2,3)27(26)25-9-7-13-12-24-19-15(10-14(22)11-16(19)21)18(13)17-6-4-5-8-23-17/h4-6,8,10-12,25H,7,9H2,1-3H3. The van der Waals surface area contributed by atoms with Gasteiger partial charge in [0.05, 0.1) is 16.2 Å². The van der Waals surface area contributed by atoms with Crippen LogP contribution in [0.25, 0.3) is 22.2 Å². The van der Waals surface area contributed by atoms with E-state index in [4.69, 9.17) is 11.6 Å². The topological polar surface area (TPSA) is 60.9 Å². The van der Waals surface area contributed by atoms with Crippen molar-refractivity contribution in [2.24, 2.45) is 0 Å². The predicted molar refractivity (Wildman–Crippen MR) is 110 cm³/mol. The second kappa shape index (κ2) is 8.10. The predicted octanol–water partition coefficient (Wildman–Crippen LogP) is 4.68. The monoisotopic (exact) mass is 405 g/mol. The summed E-state index contributed by atoms with van der Waals surface area (Å²) in [5.74, 6) is -0.421. The van der Waals surface area contributed by atoms with Crippen LogP contribution in [-0.4, -0.2) is 25.8 Å². The minimum Gasteiger partial charge on any atom is -0.598 e. The van der Waals surface area contributed by atoms with E-state index in [9.17, 15) is 8.94 Å². The van der Waals surface area contributed by atoms with E-state index in [-0.39, 0.29) is 9.77 Å². The maximum Gasteiger partial charge on any atom is 0.136 e. The minimum atomic E-state index is -1.16. The number of hydrogen-bond donors (Lipinski definition) is 1. The number of benzene rings is 1. The number of hydrogen-bond acceptors (Lipinski definition) is 4. The van der Waals surface area contributed by atoms with Crippen LogP contribution in [0, 0.1) is 5.82 Å². The summed E-state index contributed by atoms with van der Waals surface area (Å²) in [4.78, 5) is 8.85. The van der Waals surface area contributed by atoms with Gasteiger partial charge in [0.1, 0.15) is 10.6 Å². The maximum absolute atomic E-state index is 14.0. The molecule has 1 N–H and O–H groups in total. The van der Waals surface area contributed by atoms with Gasteiger partial charge in [0, 0.05) is 41.3 Å². The Balaban J connectivity index is 2.02. The Bertz CT molecular complexity index is 947. The van der Waals surface area contributed by atoms with E-state index in [1.54, 1.807) is 12.4 Å². The van der Waals surface area contributed by atoms with Gasteiger partial charge in [-0.15, -0.1) is 4.72 Å². The Morgan fingerprint density at radius 1 is 1.22 bits per heavy atom. The van der Waals surface area contributed by atoms with E-state index in [1.165, 1.54) is 12.1 Å². The third kappa shape index (κ3) is 4.58. The van der Waals surface area contributed by atoms with Crippen molar-refractivity contribution in [3.05, 3.63) is 59.1 Å². The van der Waals surface area contributed by atoms with Gasteiger partial charge in [0.25, 0.3) is 0 Å². The molecule has 0 spiro atoms. The quantitative estimate of drug-likeness (QED) is 0.626. The average Bonchev–Trinajstić information content (AvgIpc) is 2.61. The molecule has 0 fully saturated rings. The molecule has 2 heterocycles. The van der Waals surface area contributed by atoms with Gasteiger partial charge in [0.2, 0.25) is 0 Å². The van der Waals surface area contributed by atoms with Gasteiger partial charge in [-0.1, -0.05) is 17.7 Å². The molecule has 2 aromatic heterocycles. The second-order valence-electron chi connectivity index (χ2n) is 7.18. The normalized spacial score (nSPS) is 13.1. The van der Waals surface area contributed by atoms with Crippen LogP contribution in [0.4, 0.5) is 4.39 Å². The highest BCUT2D eigenvalue weighted by Crippen LogP contribution is 2.34. The molecule has 0 radical (unpaired) electrons. The number of rotatable bonds is 5. The van der Waals surface area contributed by atoms with Gasteiger partial charge in [-0.25, -0.2) is 4.39 Å². The molecule has 0 amide bonds. The summed E-state index contributed by atoms with van der Waals surface area (Å²) in [7, 11) is 0. The van der Waals surface area contributed by atoms with Crippen molar-refractivity contribution in [1.82, 2.24) is 14.7 Å². The van der Waals surface area contributed by atoms with E-state index < -0.39 is 17.2 Å². The summed E-state index contributed by atoms with van der Waals surface area (Å²) in [5.41, 5.74) is 2.94. The maximum atomic E-state index is 14.0. The van der Waals surface area contributed by atoms with Crippen LogP contribution in [0.1, 0.15) is 26.3 Å². The molecule has 1 aromatic carbocycles. The molecule has 0 saturated heterocycles. The van der Waals surface area contributed by atoms with E-state index in [1.807, 2.05) is 39.0 Å². The zero-order chi connectivity index (χ0) is 19.6. The lowest BCUT2D eigenvalue weighted by Crippen LogP contribution is -2.40. The average molecular weight is 406 g/mol. The fourth-order valence-corrected chi connectivity index (χ4v) is 3.74. The van der Waals surface area contributed by atoms with Gasteiger partial charge in [-0.05, 0) is 57.0 Å². The number of pyridine rings is 2. The third-order valence-corrected chi connectivity index (χ3v) is 5.94. The van der Waals surface area contributed by atoms with Crippen molar-refractivity contribution < 1.29 is 8.94 Å². The van der Waals surface area contributed by atoms with Gasteiger partial charge in [0.15, 0.2) is 0 Å². The number of aromatic nitrogens is 2. The zero-order valence-electron chi connectivity index (χ0n) is 15.4. The molecule has 0 saturated carbocycles. The molecule has 3 aromatic rings. The molecule has 7 heteroatoms. The first kappa shape index (κ1) is 20.0. The highest BCUT2D eigenvalue weighted by Gasteiger charge is 2.26. The summed E-state index contributed by atoms with van der Waals surface area (Å²) in [6, 6.07) is 8.27. The number of halogens is 2. The van der Waals surface area contributed by atoms with Crippen molar-refractivity contribution in [2.45, 2.75) is 31.9 Å². The van der Waals surface area contributed by atoms with Gasteiger partial charge < -0.3 is 4.55 Å². The molecule has 27 heavy (non-hydrogen) atoms. The molecule has 0 aliphatic heterocycles. The Morgan fingerprint density at radius 3 is 2.67 bits per heavy atom. The van der Waals surface area contributed by atoms with Crippen LogP contribution in [0.5, 0.6) is 0 Å². The summed E-state index contributed by atoms with van der Waals surface area (Å²) in [5, 5.41) is 0.883. The summed E-state index contributed by atoms with van der Waals surface area (Å²) < 4.78 is 28.9. The smallest absolute Gasteiger partial charge is 0.136 e. The van der Waals surface area contributed by atoms with Crippen molar-refractivity contribution >= 4 is 33.9 Å². The third-order valence-electron chi connectivity index (χ3n) is 4.07. The first-order valence-corrected chi connectivity index (χ1v) is 10.1. The SMILES string of the molecule is CC(C)(C)[S+]([O-])NCCc1cnc2c(Cl)cc(F)cc2c1-c1ccccn1. The highest BCUT2D eigenvalue weighted by atomic mass is 35.5. The van der Waals surface area contributed by atoms with E-state index in [0.717, 1.165) is 16.8 Å². The molecular formula is C20H21ClFN3OS. The van der Waals surface area contributed by atoms with Crippen molar-refractivity contribution in [3.8, 4) is 11.3 Å². The Morgan fingerprint density at radius 2 is 2.00 bits per heavy atom. The molecule has 1 unspecified atom stereocenters. The fraction of sp³-hybridized carbons (Fsp3) is 0.300. The second-order valence-corrected chi connectivity index (χ2v) is 9.64. The summed E-state index contributed by atoms with van der Waals surface area (Å²) in [6.45, 7) is 6.24. The fourth-order valence-electron chi connectivity index (χ4n) is 2.77. The lowest BCUT2D eigenvalue weighted by atomic mass is 9.98. The Labute approximate surface area is 166 Å². The Kier molecular flexibility index (Phi) is 6.01. The molecule has 1 atom stereocenters. The molecule has 0 bridgehead atoms. The van der Waals surface area contributed by atoms with Crippen LogP contribution in [0.2, 0.25) is 5.02 Å². The molecule has 4 nitrogen and oxygen atoms in total. The van der Waals surface area contributed by atoms with Crippen LogP contribution in [0.15, 0.2) is 42.7 Å². The van der Waals surface area contributed by atoms with Crippen molar-refractivity contribution in [3.63, 3.8) is 0 Å². The molecule has 0 aliphatic rings. The lowest BCUT2D eigenvalue weighted by molar-refractivity contribution is 0.544. The van der Waals surface area contributed by atoms with E-state index >= 15 is 0 Å². The number of nitrogens with one attached hydrogen (secondary N) is 1. The van der Waals surface area contributed by atoms with Crippen LogP contribution in [-0.2, 0) is 17.8 Å². The Hall–Kier alpha value is -1.73.